The van der Waals surface area contributed by atoms with Gasteiger partial charge in [-0.05, 0) is 47.9 Å². The van der Waals surface area contributed by atoms with Gasteiger partial charge in [-0.25, -0.2) is 15.4 Å². The zero-order valence-electron chi connectivity index (χ0n) is 21.3. The normalized spacial score (nSPS) is 11.5. The Kier molecular flexibility index (Phi) is 6.50. The van der Waals surface area contributed by atoms with Gasteiger partial charge in [-0.1, -0.05) is 84.9 Å². The van der Waals surface area contributed by atoms with Gasteiger partial charge in [-0.2, -0.15) is 5.10 Å². The summed E-state index contributed by atoms with van der Waals surface area (Å²) in [6.07, 6.45) is 5.38. The number of pyridine rings is 1. The second kappa shape index (κ2) is 10.6. The Morgan fingerprint density at radius 3 is 2.23 bits per heavy atom. The van der Waals surface area contributed by atoms with E-state index in [1.165, 1.54) is 0 Å². The topological polar surface area (TPSA) is 72.2 Å². The molecule has 6 nitrogen and oxygen atoms in total. The Morgan fingerprint density at radius 2 is 1.49 bits per heavy atom. The number of hydrazone groups is 1. The van der Waals surface area contributed by atoms with Crippen molar-refractivity contribution in [1.29, 1.82) is 0 Å². The van der Waals surface area contributed by atoms with Crippen LogP contribution >= 0.6 is 0 Å². The molecular formula is C33H25N5O. The molecule has 2 aromatic heterocycles. The summed E-state index contributed by atoms with van der Waals surface area (Å²) in [4.78, 5) is 22.3. The minimum atomic E-state index is -0.287. The first-order valence-electron chi connectivity index (χ1n) is 12.6. The zero-order chi connectivity index (χ0) is 26.6. The first-order valence-corrected chi connectivity index (χ1v) is 12.6. The predicted molar refractivity (Wildman–Crippen MR) is 156 cm³/mol. The Bertz CT molecular complexity index is 1770. The number of hydrogen-bond acceptors (Lipinski definition) is 4. The lowest BCUT2D eigenvalue weighted by molar-refractivity contribution is 0.0956. The van der Waals surface area contributed by atoms with Crippen molar-refractivity contribution in [3.8, 4) is 28.1 Å². The smallest absolute Gasteiger partial charge is 0.272 e. The summed E-state index contributed by atoms with van der Waals surface area (Å²) in [5.41, 5.74) is 10.6. The minimum Gasteiger partial charge on any atom is -0.306 e. The van der Waals surface area contributed by atoms with Gasteiger partial charge in [-0.15, -0.1) is 0 Å². The number of fused-ring (bicyclic) bond motifs is 1. The second-order valence-corrected chi connectivity index (χ2v) is 9.17. The van der Waals surface area contributed by atoms with Crippen LogP contribution in [0.4, 0.5) is 0 Å². The van der Waals surface area contributed by atoms with Gasteiger partial charge < -0.3 is 4.57 Å². The molecule has 6 heteroatoms. The number of carbonyl (C=O) groups excluding carboxylic acids is 1. The van der Waals surface area contributed by atoms with E-state index >= 15 is 0 Å². The summed E-state index contributed by atoms with van der Waals surface area (Å²) < 4.78 is 1.93. The quantitative estimate of drug-likeness (QED) is 0.197. The molecule has 0 bridgehead atoms. The Labute approximate surface area is 226 Å². The van der Waals surface area contributed by atoms with Crippen LogP contribution in [0.5, 0.6) is 0 Å². The highest BCUT2D eigenvalue weighted by Gasteiger charge is 2.14. The van der Waals surface area contributed by atoms with E-state index in [4.69, 9.17) is 4.98 Å². The number of para-hydroxylation sites is 1. The maximum absolute atomic E-state index is 13.4. The Morgan fingerprint density at radius 1 is 0.795 bits per heavy atom. The van der Waals surface area contributed by atoms with Gasteiger partial charge in [0.15, 0.2) is 0 Å². The number of nitrogens with zero attached hydrogens (tertiary/aromatic N) is 4. The molecule has 6 aromatic rings. The monoisotopic (exact) mass is 507 g/mol. The number of aromatic nitrogens is 3. The van der Waals surface area contributed by atoms with Crippen LogP contribution in [-0.4, -0.2) is 26.2 Å². The molecule has 6 rings (SSSR count). The van der Waals surface area contributed by atoms with Gasteiger partial charge in [0, 0.05) is 29.0 Å². The molecule has 1 N–H and O–H groups in total. The van der Waals surface area contributed by atoms with Crippen molar-refractivity contribution in [1.82, 2.24) is 20.0 Å². The van der Waals surface area contributed by atoms with Crippen molar-refractivity contribution in [2.45, 2.75) is 6.92 Å². The number of amides is 1. The number of benzene rings is 4. The minimum absolute atomic E-state index is 0.287. The number of nitrogens with one attached hydrogen (secondary N) is 1. The molecule has 39 heavy (non-hydrogen) atoms. The third-order valence-electron chi connectivity index (χ3n) is 6.66. The van der Waals surface area contributed by atoms with E-state index in [0.717, 1.165) is 44.5 Å². The largest absolute Gasteiger partial charge is 0.306 e. The van der Waals surface area contributed by atoms with Gasteiger partial charge >= 0.3 is 0 Å². The second-order valence-electron chi connectivity index (χ2n) is 9.17. The van der Waals surface area contributed by atoms with Crippen LogP contribution in [0.15, 0.2) is 133 Å². The number of imidazole rings is 1. The molecule has 0 unspecified atom stereocenters. The maximum Gasteiger partial charge on any atom is 0.272 e. The lowest BCUT2D eigenvalue weighted by Crippen LogP contribution is -2.20. The van der Waals surface area contributed by atoms with Crippen LogP contribution in [0.2, 0.25) is 0 Å². The van der Waals surface area contributed by atoms with Crippen molar-refractivity contribution < 1.29 is 4.79 Å². The summed E-state index contributed by atoms with van der Waals surface area (Å²) in [6, 6.07) is 35.9. The van der Waals surface area contributed by atoms with Crippen LogP contribution < -0.4 is 5.43 Å². The fourth-order valence-electron chi connectivity index (χ4n) is 4.52. The molecule has 4 aromatic carbocycles. The molecule has 0 radical (unpaired) electrons. The summed E-state index contributed by atoms with van der Waals surface area (Å²) in [7, 11) is 0. The van der Waals surface area contributed by atoms with Crippen molar-refractivity contribution in [2.24, 2.45) is 5.10 Å². The highest BCUT2D eigenvalue weighted by atomic mass is 16.2. The molecule has 188 valence electrons. The number of rotatable bonds is 6. The van der Waals surface area contributed by atoms with Crippen LogP contribution in [0, 0.1) is 0 Å². The van der Waals surface area contributed by atoms with E-state index in [9.17, 15) is 4.79 Å². The van der Waals surface area contributed by atoms with Crippen LogP contribution in [0.3, 0.4) is 0 Å². The summed E-state index contributed by atoms with van der Waals surface area (Å²) in [6.45, 7) is 1.87. The standard InChI is InChI=1S/C33H25N5O/c1-23(24-15-17-28(18-16-24)38-20-19-34-22-38)36-37-33(39)30-21-32(35-31-10-6-5-9-29(30)31)27-13-11-26(12-14-27)25-7-3-2-4-8-25/h2-22H,1H3,(H,37,39)/b36-23+. The SMILES string of the molecule is C/C(=N\NC(=O)c1cc(-c2ccc(-c3ccccc3)cc2)nc2ccccc12)c1ccc(-n2ccnc2)cc1. The van der Waals surface area contributed by atoms with Crippen molar-refractivity contribution >= 4 is 22.5 Å². The molecule has 0 atom stereocenters. The number of hydrogen-bond donors (Lipinski definition) is 1. The average Bonchev–Trinajstić information content (AvgIpc) is 3.55. The molecule has 0 aliphatic rings. The van der Waals surface area contributed by atoms with E-state index < -0.39 is 0 Å². The molecule has 0 fully saturated rings. The van der Waals surface area contributed by atoms with E-state index in [0.29, 0.717) is 11.3 Å². The lowest BCUT2D eigenvalue weighted by Gasteiger charge is -2.10. The molecule has 0 aliphatic carbocycles. The Balaban J connectivity index is 1.27. The number of carbonyl (C=O) groups is 1. The average molecular weight is 508 g/mol. The van der Waals surface area contributed by atoms with Crippen LogP contribution in [-0.2, 0) is 0 Å². The van der Waals surface area contributed by atoms with Crippen LogP contribution in [0.25, 0.3) is 39.0 Å². The van der Waals surface area contributed by atoms with E-state index in [1.807, 2.05) is 103 Å². The zero-order valence-corrected chi connectivity index (χ0v) is 21.3. The molecule has 0 saturated heterocycles. The van der Waals surface area contributed by atoms with E-state index in [2.05, 4.69) is 39.8 Å². The third kappa shape index (κ3) is 5.08. The van der Waals surface area contributed by atoms with Gasteiger partial charge in [0.1, 0.15) is 0 Å². The molecule has 1 amide bonds. The Hall–Kier alpha value is -5.36. The highest BCUT2D eigenvalue weighted by molar-refractivity contribution is 6.08. The predicted octanol–water partition coefficient (Wildman–Crippen LogP) is 6.91. The molecule has 0 spiro atoms. The van der Waals surface area contributed by atoms with Crippen molar-refractivity contribution in [3.63, 3.8) is 0 Å². The first-order chi connectivity index (χ1) is 19.2. The summed E-state index contributed by atoms with van der Waals surface area (Å²) in [5, 5.41) is 5.17. The van der Waals surface area contributed by atoms with Gasteiger partial charge in [-0.3, -0.25) is 4.79 Å². The fraction of sp³-hybridized carbons (Fsp3) is 0.0303. The third-order valence-corrected chi connectivity index (χ3v) is 6.66. The van der Waals surface area contributed by atoms with Gasteiger partial charge in [0.2, 0.25) is 0 Å². The summed E-state index contributed by atoms with van der Waals surface area (Å²) >= 11 is 0. The first kappa shape index (κ1) is 24.0. The molecule has 0 aliphatic heterocycles. The van der Waals surface area contributed by atoms with Crippen molar-refractivity contribution in [3.05, 3.63) is 139 Å². The molecular weight excluding hydrogens is 482 g/mol. The van der Waals surface area contributed by atoms with E-state index in [-0.39, 0.29) is 5.91 Å². The molecule has 0 saturated carbocycles. The van der Waals surface area contributed by atoms with E-state index in [1.54, 1.807) is 12.5 Å². The van der Waals surface area contributed by atoms with Crippen molar-refractivity contribution in [2.75, 3.05) is 0 Å². The van der Waals surface area contributed by atoms with Crippen LogP contribution in [0.1, 0.15) is 22.8 Å². The molecule has 2 heterocycles. The van der Waals surface area contributed by atoms with Gasteiger partial charge in [0.05, 0.1) is 28.8 Å². The van der Waals surface area contributed by atoms with Gasteiger partial charge in [0.25, 0.3) is 5.91 Å². The summed E-state index contributed by atoms with van der Waals surface area (Å²) in [5.74, 6) is -0.287. The fourth-order valence-corrected chi connectivity index (χ4v) is 4.52. The lowest BCUT2D eigenvalue weighted by atomic mass is 10.0. The maximum atomic E-state index is 13.4. The highest BCUT2D eigenvalue weighted by Crippen LogP contribution is 2.27.